The molecule has 1 heteroatoms. The summed E-state index contributed by atoms with van der Waals surface area (Å²) in [5.74, 6) is 0. The summed E-state index contributed by atoms with van der Waals surface area (Å²) in [5, 5.41) is 2.55. The van der Waals surface area contributed by atoms with Gasteiger partial charge in [0.1, 0.15) is 0 Å². The number of hydrogen-bond donors (Lipinski definition) is 0. The Bertz CT molecular complexity index is 390. The molecule has 0 bridgehead atoms. The molecule has 0 saturated heterocycles. The summed E-state index contributed by atoms with van der Waals surface area (Å²) < 4.78 is 0. The van der Waals surface area contributed by atoms with Crippen LogP contribution in [0.15, 0.2) is 12.3 Å². The Kier molecular flexibility index (Phi) is 1.94. The molecule has 1 aliphatic rings. The SMILES string of the molecule is CCc1ccnc2c1=CCCC=2. The van der Waals surface area contributed by atoms with Crippen molar-refractivity contribution in [2.24, 2.45) is 0 Å². The average molecular weight is 159 g/mol. The maximum absolute atomic E-state index is 4.34. The predicted molar refractivity (Wildman–Crippen MR) is 51.0 cm³/mol. The van der Waals surface area contributed by atoms with Crippen molar-refractivity contribution in [3.63, 3.8) is 0 Å². The van der Waals surface area contributed by atoms with Crippen molar-refractivity contribution in [3.05, 3.63) is 28.4 Å². The molecule has 0 atom stereocenters. The predicted octanol–water partition coefficient (Wildman–Crippen LogP) is 0.999. The van der Waals surface area contributed by atoms with Gasteiger partial charge in [-0.1, -0.05) is 19.1 Å². The molecule has 12 heavy (non-hydrogen) atoms. The number of nitrogens with zero attached hydrogens (tertiary/aromatic N) is 1. The van der Waals surface area contributed by atoms with Gasteiger partial charge in [-0.3, -0.25) is 4.98 Å². The molecule has 0 fully saturated rings. The fourth-order valence-corrected chi connectivity index (χ4v) is 1.69. The smallest absolute Gasteiger partial charge is 0.0661 e. The molecule has 0 N–H and O–H groups in total. The number of fused-ring (bicyclic) bond motifs is 1. The highest BCUT2D eigenvalue weighted by Gasteiger charge is 1.97. The summed E-state index contributed by atoms with van der Waals surface area (Å²) in [5.41, 5.74) is 1.43. The van der Waals surface area contributed by atoms with Gasteiger partial charge in [0.05, 0.1) is 5.35 Å². The van der Waals surface area contributed by atoms with Gasteiger partial charge < -0.3 is 0 Å². The van der Waals surface area contributed by atoms with Crippen LogP contribution in [0.2, 0.25) is 0 Å². The van der Waals surface area contributed by atoms with Crippen LogP contribution in [0.4, 0.5) is 0 Å². The Morgan fingerprint density at radius 1 is 1.33 bits per heavy atom. The lowest BCUT2D eigenvalue weighted by atomic mass is 10.1. The molecule has 2 rings (SSSR count). The molecular weight excluding hydrogens is 146 g/mol. The van der Waals surface area contributed by atoms with E-state index >= 15 is 0 Å². The first-order valence-corrected chi connectivity index (χ1v) is 4.56. The lowest BCUT2D eigenvalue weighted by Crippen LogP contribution is -2.32. The normalized spacial score (nSPS) is 14.4. The van der Waals surface area contributed by atoms with Gasteiger partial charge in [-0.15, -0.1) is 0 Å². The monoisotopic (exact) mass is 159 g/mol. The van der Waals surface area contributed by atoms with Crippen LogP contribution in [-0.4, -0.2) is 4.98 Å². The average Bonchev–Trinajstić information content (AvgIpc) is 2.17. The van der Waals surface area contributed by atoms with E-state index in [4.69, 9.17) is 0 Å². The Labute approximate surface area is 72.5 Å². The number of pyridine rings is 1. The van der Waals surface area contributed by atoms with Crippen LogP contribution < -0.4 is 10.6 Å². The largest absolute Gasteiger partial charge is 0.257 e. The molecule has 0 amide bonds. The minimum atomic E-state index is 1.11. The van der Waals surface area contributed by atoms with Gasteiger partial charge in [-0.25, -0.2) is 0 Å². The maximum Gasteiger partial charge on any atom is 0.0661 e. The summed E-state index contributed by atoms with van der Waals surface area (Å²) in [6.45, 7) is 2.19. The van der Waals surface area contributed by atoms with E-state index in [0.29, 0.717) is 0 Å². The molecule has 0 spiro atoms. The lowest BCUT2D eigenvalue weighted by molar-refractivity contribution is 1.02. The van der Waals surface area contributed by atoms with Gasteiger partial charge in [-0.05, 0) is 36.1 Å². The molecule has 62 valence electrons. The highest BCUT2D eigenvalue weighted by molar-refractivity contribution is 5.38. The van der Waals surface area contributed by atoms with E-state index in [-0.39, 0.29) is 0 Å². The van der Waals surface area contributed by atoms with Crippen molar-refractivity contribution < 1.29 is 0 Å². The fraction of sp³-hybridized carbons (Fsp3) is 0.364. The number of aryl methyl sites for hydroxylation is 1. The molecule has 1 heterocycles. The number of rotatable bonds is 1. The lowest BCUT2D eigenvalue weighted by Gasteiger charge is -2.02. The Balaban J connectivity index is 2.77. The summed E-state index contributed by atoms with van der Waals surface area (Å²) >= 11 is 0. The minimum absolute atomic E-state index is 1.11. The molecule has 0 radical (unpaired) electrons. The highest BCUT2D eigenvalue weighted by atomic mass is 14.6. The van der Waals surface area contributed by atoms with Crippen molar-refractivity contribution in [3.8, 4) is 0 Å². The topological polar surface area (TPSA) is 12.9 Å². The van der Waals surface area contributed by atoms with Crippen molar-refractivity contribution in [2.45, 2.75) is 26.2 Å². The van der Waals surface area contributed by atoms with Crippen LogP contribution in [0.25, 0.3) is 12.2 Å². The first-order valence-electron chi connectivity index (χ1n) is 4.56. The summed E-state index contributed by atoms with van der Waals surface area (Å²) in [6, 6.07) is 2.12. The molecule has 1 aliphatic carbocycles. The second-order valence-electron chi connectivity index (χ2n) is 3.11. The quantitative estimate of drug-likeness (QED) is 0.595. The Morgan fingerprint density at radius 2 is 2.17 bits per heavy atom. The van der Waals surface area contributed by atoms with E-state index in [1.807, 2.05) is 6.20 Å². The van der Waals surface area contributed by atoms with E-state index in [0.717, 1.165) is 12.8 Å². The van der Waals surface area contributed by atoms with Crippen molar-refractivity contribution in [1.82, 2.24) is 4.98 Å². The molecule has 1 aromatic heterocycles. The minimum Gasteiger partial charge on any atom is -0.257 e. The molecule has 1 aromatic rings. The van der Waals surface area contributed by atoms with Crippen molar-refractivity contribution >= 4 is 12.2 Å². The van der Waals surface area contributed by atoms with Crippen LogP contribution in [0, 0.1) is 0 Å². The third-order valence-corrected chi connectivity index (χ3v) is 2.34. The summed E-state index contributed by atoms with van der Waals surface area (Å²) in [7, 11) is 0. The third kappa shape index (κ3) is 1.15. The second kappa shape index (κ2) is 3.10. The van der Waals surface area contributed by atoms with E-state index in [1.54, 1.807) is 0 Å². The fourth-order valence-electron chi connectivity index (χ4n) is 1.69. The Hall–Kier alpha value is -1.11. The van der Waals surface area contributed by atoms with E-state index < -0.39 is 0 Å². The van der Waals surface area contributed by atoms with Crippen LogP contribution >= 0.6 is 0 Å². The van der Waals surface area contributed by atoms with Gasteiger partial charge >= 0.3 is 0 Å². The van der Waals surface area contributed by atoms with Gasteiger partial charge in [0.2, 0.25) is 0 Å². The van der Waals surface area contributed by atoms with Crippen LogP contribution in [0.1, 0.15) is 25.3 Å². The van der Waals surface area contributed by atoms with Gasteiger partial charge in [0.15, 0.2) is 0 Å². The van der Waals surface area contributed by atoms with Crippen LogP contribution in [0.3, 0.4) is 0 Å². The molecule has 0 saturated carbocycles. The van der Waals surface area contributed by atoms with Gasteiger partial charge in [0.25, 0.3) is 0 Å². The van der Waals surface area contributed by atoms with Crippen LogP contribution in [-0.2, 0) is 6.42 Å². The Morgan fingerprint density at radius 3 is 3.00 bits per heavy atom. The first-order chi connectivity index (χ1) is 5.92. The molecule has 0 aliphatic heterocycles. The standard InChI is InChI=1S/C11H13N/c1-2-9-7-8-12-11-6-4-3-5-10(9)11/h5-8H,2-4H2,1H3. The molecule has 0 aromatic carbocycles. The van der Waals surface area contributed by atoms with Crippen molar-refractivity contribution in [2.75, 3.05) is 0 Å². The highest BCUT2D eigenvalue weighted by Crippen LogP contribution is 1.96. The number of aromatic nitrogens is 1. The van der Waals surface area contributed by atoms with Crippen molar-refractivity contribution in [1.29, 1.82) is 0 Å². The maximum atomic E-state index is 4.34. The first kappa shape index (κ1) is 7.53. The zero-order valence-corrected chi connectivity index (χ0v) is 7.38. The van der Waals surface area contributed by atoms with Gasteiger partial charge in [-0.2, -0.15) is 0 Å². The second-order valence-corrected chi connectivity index (χ2v) is 3.11. The summed E-state index contributed by atoms with van der Waals surface area (Å²) in [4.78, 5) is 4.34. The van der Waals surface area contributed by atoms with E-state index in [1.165, 1.54) is 22.6 Å². The molecular formula is C11H13N. The van der Waals surface area contributed by atoms with Crippen LogP contribution in [0.5, 0.6) is 0 Å². The molecule has 0 unspecified atom stereocenters. The van der Waals surface area contributed by atoms with E-state index in [9.17, 15) is 0 Å². The molecule has 1 nitrogen and oxygen atoms in total. The zero-order chi connectivity index (χ0) is 8.39. The number of hydrogen-bond acceptors (Lipinski definition) is 1. The zero-order valence-electron chi connectivity index (χ0n) is 7.38. The summed E-state index contributed by atoms with van der Waals surface area (Å²) in [6.07, 6.45) is 9.87. The third-order valence-electron chi connectivity index (χ3n) is 2.34. The van der Waals surface area contributed by atoms with Gasteiger partial charge in [0, 0.05) is 6.20 Å². The van der Waals surface area contributed by atoms with E-state index in [2.05, 4.69) is 30.1 Å².